The Morgan fingerprint density at radius 2 is 2.18 bits per heavy atom. The van der Waals surface area contributed by atoms with Crippen molar-refractivity contribution in [3.05, 3.63) is 47.2 Å². The molecule has 1 aromatic carbocycles. The molecule has 3 aromatic rings. The smallest absolute Gasteiger partial charge is 0.135 e. The first-order valence-corrected chi connectivity index (χ1v) is 6.04. The van der Waals surface area contributed by atoms with Crippen LogP contribution >= 0.6 is 11.3 Å². The second-order valence-corrected chi connectivity index (χ2v) is 4.55. The van der Waals surface area contributed by atoms with Gasteiger partial charge in [-0.15, -0.1) is 11.3 Å². The zero-order chi connectivity index (χ0) is 11.7. The first kappa shape index (κ1) is 10.1. The van der Waals surface area contributed by atoms with E-state index in [4.69, 9.17) is 0 Å². The summed E-state index contributed by atoms with van der Waals surface area (Å²) in [5.41, 5.74) is 4.66. The number of aryl methyl sites for hydroxylation is 1. The van der Waals surface area contributed by atoms with Crippen LogP contribution in [0.3, 0.4) is 0 Å². The summed E-state index contributed by atoms with van der Waals surface area (Å²) in [6, 6.07) is 7.94. The highest BCUT2D eigenvalue weighted by Gasteiger charge is 1.96. The Kier molecular flexibility index (Phi) is 2.39. The summed E-state index contributed by atoms with van der Waals surface area (Å²) < 4.78 is 2.91. The van der Waals surface area contributed by atoms with Crippen LogP contribution in [-0.4, -0.2) is 14.8 Å². The molecule has 0 saturated heterocycles. The van der Waals surface area contributed by atoms with E-state index in [9.17, 15) is 0 Å². The topological polar surface area (TPSA) is 30.7 Å². The third-order valence-electron chi connectivity index (χ3n) is 2.38. The van der Waals surface area contributed by atoms with Gasteiger partial charge >= 0.3 is 0 Å². The average Bonchev–Trinajstić information content (AvgIpc) is 2.94. The van der Waals surface area contributed by atoms with Gasteiger partial charge in [-0.2, -0.15) is 5.10 Å². The van der Waals surface area contributed by atoms with Crippen molar-refractivity contribution in [3.8, 4) is 11.8 Å². The standard InChI is InChI=1S/C13H9N3S/c1-16-7-6-11(15-16)4-2-10-3-5-12-13(8-10)17-9-14-12/h3,5-9H,1H3. The molecule has 0 aliphatic heterocycles. The van der Waals surface area contributed by atoms with E-state index in [1.807, 2.05) is 37.0 Å². The van der Waals surface area contributed by atoms with Crippen LogP contribution in [0.15, 0.2) is 36.0 Å². The lowest BCUT2D eigenvalue weighted by molar-refractivity contribution is 0.764. The van der Waals surface area contributed by atoms with Crippen LogP contribution in [0.25, 0.3) is 10.2 Å². The van der Waals surface area contributed by atoms with Gasteiger partial charge in [0.25, 0.3) is 0 Å². The van der Waals surface area contributed by atoms with Crippen LogP contribution in [0.1, 0.15) is 11.3 Å². The molecule has 0 spiro atoms. The number of rotatable bonds is 0. The molecule has 0 fully saturated rings. The monoisotopic (exact) mass is 239 g/mol. The Hall–Kier alpha value is -2.12. The fourth-order valence-corrected chi connectivity index (χ4v) is 2.27. The maximum Gasteiger partial charge on any atom is 0.135 e. The van der Waals surface area contributed by atoms with Gasteiger partial charge in [0.05, 0.1) is 15.7 Å². The Labute approximate surface area is 103 Å². The first-order valence-electron chi connectivity index (χ1n) is 5.16. The van der Waals surface area contributed by atoms with Crippen molar-refractivity contribution >= 4 is 21.6 Å². The van der Waals surface area contributed by atoms with E-state index in [1.54, 1.807) is 16.0 Å². The van der Waals surface area contributed by atoms with Gasteiger partial charge in [-0.1, -0.05) is 5.92 Å². The fourth-order valence-electron chi connectivity index (χ4n) is 1.55. The zero-order valence-electron chi connectivity index (χ0n) is 9.21. The van der Waals surface area contributed by atoms with Gasteiger partial charge in [-0.3, -0.25) is 4.68 Å². The quantitative estimate of drug-likeness (QED) is 0.564. The van der Waals surface area contributed by atoms with Crippen molar-refractivity contribution in [1.82, 2.24) is 14.8 Å². The van der Waals surface area contributed by atoms with Crippen LogP contribution in [-0.2, 0) is 7.05 Å². The molecule has 82 valence electrons. The molecule has 0 atom stereocenters. The van der Waals surface area contributed by atoms with Gasteiger partial charge in [0, 0.05) is 18.8 Å². The molecule has 0 bridgehead atoms. The van der Waals surface area contributed by atoms with Crippen LogP contribution in [0, 0.1) is 11.8 Å². The molecule has 3 rings (SSSR count). The molecule has 0 amide bonds. The highest BCUT2D eigenvalue weighted by molar-refractivity contribution is 7.16. The number of fused-ring (bicyclic) bond motifs is 1. The van der Waals surface area contributed by atoms with Gasteiger partial charge in [-0.25, -0.2) is 4.98 Å². The minimum Gasteiger partial charge on any atom is -0.275 e. The minimum atomic E-state index is 0.789. The number of thiazole rings is 1. The summed E-state index contributed by atoms with van der Waals surface area (Å²) in [6.07, 6.45) is 1.89. The van der Waals surface area contributed by atoms with Crippen molar-refractivity contribution in [3.63, 3.8) is 0 Å². The number of hydrogen-bond acceptors (Lipinski definition) is 3. The number of aromatic nitrogens is 3. The Morgan fingerprint density at radius 1 is 1.24 bits per heavy atom. The Balaban J connectivity index is 1.97. The summed E-state index contributed by atoms with van der Waals surface area (Å²) in [5.74, 6) is 6.15. The Morgan fingerprint density at radius 3 is 3.00 bits per heavy atom. The third-order valence-corrected chi connectivity index (χ3v) is 3.17. The summed E-state index contributed by atoms with van der Waals surface area (Å²) >= 11 is 1.63. The fraction of sp³-hybridized carbons (Fsp3) is 0.0769. The lowest BCUT2D eigenvalue weighted by Gasteiger charge is -1.89. The maximum absolute atomic E-state index is 4.24. The molecular weight excluding hydrogens is 230 g/mol. The van der Waals surface area contributed by atoms with E-state index in [1.165, 1.54) is 0 Å². The third kappa shape index (κ3) is 2.05. The van der Waals surface area contributed by atoms with Gasteiger partial charge in [0.2, 0.25) is 0 Å². The van der Waals surface area contributed by atoms with Crippen molar-refractivity contribution in [2.75, 3.05) is 0 Å². The molecule has 2 heterocycles. The normalized spacial score (nSPS) is 10.2. The molecule has 0 radical (unpaired) electrons. The molecule has 0 unspecified atom stereocenters. The van der Waals surface area contributed by atoms with Crippen molar-refractivity contribution in [1.29, 1.82) is 0 Å². The summed E-state index contributed by atoms with van der Waals surface area (Å²) in [7, 11) is 1.88. The maximum atomic E-state index is 4.24. The second kappa shape index (κ2) is 4.04. The van der Waals surface area contributed by atoms with Gasteiger partial charge in [-0.05, 0) is 30.2 Å². The Bertz CT molecular complexity index is 728. The molecule has 0 aliphatic carbocycles. The molecule has 0 aliphatic rings. The van der Waals surface area contributed by atoms with Crippen molar-refractivity contribution in [2.24, 2.45) is 7.05 Å². The second-order valence-electron chi connectivity index (χ2n) is 3.66. The van der Waals surface area contributed by atoms with Gasteiger partial charge in [0.1, 0.15) is 5.69 Å². The molecule has 0 N–H and O–H groups in total. The first-order chi connectivity index (χ1) is 8.31. The molecule has 3 nitrogen and oxygen atoms in total. The summed E-state index contributed by atoms with van der Waals surface area (Å²) in [4.78, 5) is 4.24. The molecular formula is C13H9N3S. The van der Waals surface area contributed by atoms with Gasteiger partial charge < -0.3 is 0 Å². The number of nitrogens with zero attached hydrogens (tertiary/aromatic N) is 3. The lowest BCUT2D eigenvalue weighted by atomic mass is 10.2. The summed E-state index contributed by atoms with van der Waals surface area (Å²) in [5, 5.41) is 4.21. The van der Waals surface area contributed by atoms with Crippen LogP contribution in [0.4, 0.5) is 0 Å². The molecule has 17 heavy (non-hydrogen) atoms. The highest BCUT2D eigenvalue weighted by atomic mass is 32.1. The summed E-state index contributed by atoms with van der Waals surface area (Å²) in [6.45, 7) is 0. The van der Waals surface area contributed by atoms with E-state index in [2.05, 4.69) is 28.0 Å². The molecule has 2 aromatic heterocycles. The zero-order valence-corrected chi connectivity index (χ0v) is 10.0. The molecule has 4 heteroatoms. The van der Waals surface area contributed by atoms with Crippen LogP contribution < -0.4 is 0 Å². The van der Waals surface area contributed by atoms with Crippen LogP contribution in [0.2, 0.25) is 0 Å². The molecule has 0 saturated carbocycles. The van der Waals surface area contributed by atoms with E-state index in [0.717, 1.165) is 21.5 Å². The SMILES string of the molecule is Cn1ccc(C#Cc2ccc3ncsc3c2)n1. The van der Waals surface area contributed by atoms with Crippen molar-refractivity contribution in [2.45, 2.75) is 0 Å². The van der Waals surface area contributed by atoms with E-state index in [0.29, 0.717) is 0 Å². The van der Waals surface area contributed by atoms with Crippen molar-refractivity contribution < 1.29 is 0 Å². The van der Waals surface area contributed by atoms with Gasteiger partial charge in [0.15, 0.2) is 0 Å². The predicted octanol–water partition coefficient (Wildman–Crippen LogP) is 2.43. The number of benzene rings is 1. The minimum absolute atomic E-state index is 0.789. The average molecular weight is 239 g/mol. The van der Waals surface area contributed by atoms with E-state index in [-0.39, 0.29) is 0 Å². The largest absolute Gasteiger partial charge is 0.275 e. The highest BCUT2D eigenvalue weighted by Crippen LogP contribution is 2.18. The van der Waals surface area contributed by atoms with E-state index < -0.39 is 0 Å². The number of hydrogen-bond donors (Lipinski definition) is 0. The lowest BCUT2D eigenvalue weighted by Crippen LogP contribution is -1.87. The van der Waals surface area contributed by atoms with Crippen LogP contribution in [0.5, 0.6) is 0 Å². The predicted molar refractivity (Wildman–Crippen MR) is 68.8 cm³/mol. The van der Waals surface area contributed by atoms with E-state index >= 15 is 0 Å².